The number of aliphatic imine (C=N–C) groups is 1. The molecule has 1 N–H and O–H groups in total. The summed E-state index contributed by atoms with van der Waals surface area (Å²) in [4.78, 5) is 9.47. The van der Waals surface area contributed by atoms with Crippen LogP contribution >= 0.6 is 0 Å². The van der Waals surface area contributed by atoms with Crippen LogP contribution in [0.3, 0.4) is 0 Å². The zero-order valence-electron chi connectivity index (χ0n) is 19.0. The molecule has 4 aromatic carbocycles. The van der Waals surface area contributed by atoms with E-state index < -0.39 is 0 Å². The summed E-state index contributed by atoms with van der Waals surface area (Å²) < 4.78 is 2.33. The molecule has 0 amide bonds. The van der Waals surface area contributed by atoms with Gasteiger partial charge in [-0.3, -0.25) is 9.98 Å². The normalized spacial score (nSPS) is 15.0. The van der Waals surface area contributed by atoms with Gasteiger partial charge in [-0.1, -0.05) is 66.7 Å². The highest BCUT2D eigenvalue weighted by molar-refractivity contribution is 6.11. The Bertz CT molecular complexity index is 1660. The van der Waals surface area contributed by atoms with Crippen LogP contribution in [0.5, 0.6) is 0 Å². The second-order valence-corrected chi connectivity index (χ2v) is 8.80. The van der Waals surface area contributed by atoms with E-state index in [0.29, 0.717) is 0 Å². The largest absolute Gasteiger partial charge is 0.338 e. The number of pyridine rings is 1. The molecule has 2 aromatic heterocycles. The fourth-order valence-corrected chi connectivity index (χ4v) is 5.11. The number of hydrogen-bond donors (Lipinski definition) is 1. The van der Waals surface area contributed by atoms with Gasteiger partial charge in [0.1, 0.15) is 11.9 Å². The Labute approximate surface area is 203 Å². The van der Waals surface area contributed by atoms with E-state index in [-0.39, 0.29) is 6.04 Å². The fraction of sp³-hybridized carbons (Fsp3) is 0.0323. The number of amidine groups is 1. The van der Waals surface area contributed by atoms with Crippen LogP contribution in [-0.4, -0.2) is 15.4 Å². The van der Waals surface area contributed by atoms with E-state index in [9.17, 15) is 0 Å². The molecular weight excluding hydrogens is 428 g/mol. The van der Waals surface area contributed by atoms with Crippen molar-refractivity contribution in [2.45, 2.75) is 6.04 Å². The average Bonchev–Trinajstić information content (AvgIpc) is 3.27. The van der Waals surface area contributed by atoms with Crippen LogP contribution in [0, 0.1) is 0 Å². The first-order valence-corrected chi connectivity index (χ1v) is 11.8. The van der Waals surface area contributed by atoms with E-state index in [4.69, 9.17) is 4.99 Å². The van der Waals surface area contributed by atoms with E-state index in [0.717, 1.165) is 28.3 Å². The number of benzene rings is 4. The molecule has 166 valence electrons. The molecule has 0 saturated carbocycles. The lowest BCUT2D eigenvalue weighted by atomic mass is 9.96. The van der Waals surface area contributed by atoms with Crippen molar-refractivity contribution in [3.63, 3.8) is 0 Å². The van der Waals surface area contributed by atoms with Crippen molar-refractivity contribution in [1.29, 1.82) is 0 Å². The molecule has 6 aromatic rings. The molecular formula is C31H22N4. The van der Waals surface area contributed by atoms with Gasteiger partial charge >= 0.3 is 0 Å². The Hall–Kier alpha value is -4.70. The van der Waals surface area contributed by atoms with Gasteiger partial charge < -0.3 is 9.88 Å². The molecule has 3 heterocycles. The van der Waals surface area contributed by atoms with Gasteiger partial charge in [0, 0.05) is 33.8 Å². The molecule has 4 nitrogen and oxygen atoms in total. The number of hydrogen-bond acceptors (Lipinski definition) is 3. The van der Waals surface area contributed by atoms with Crippen molar-refractivity contribution in [3.05, 3.63) is 138 Å². The molecule has 0 saturated heterocycles. The van der Waals surface area contributed by atoms with Crippen molar-refractivity contribution in [1.82, 2.24) is 9.55 Å². The molecule has 1 aliphatic rings. The molecule has 0 aliphatic carbocycles. The first-order chi connectivity index (χ1) is 17.4. The number of para-hydroxylation sites is 2. The van der Waals surface area contributed by atoms with Gasteiger partial charge in [-0.05, 0) is 48.0 Å². The summed E-state index contributed by atoms with van der Waals surface area (Å²) in [6.45, 7) is 0. The first kappa shape index (κ1) is 19.7. The highest BCUT2D eigenvalue weighted by Crippen LogP contribution is 2.36. The summed E-state index contributed by atoms with van der Waals surface area (Å²) in [5.41, 5.74) is 7.89. The van der Waals surface area contributed by atoms with E-state index >= 15 is 0 Å². The minimum absolute atomic E-state index is 0.0672. The second kappa shape index (κ2) is 7.96. The maximum atomic E-state index is 5.13. The number of nitrogens with one attached hydrogen (secondary N) is 1. The third-order valence-corrected chi connectivity index (χ3v) is 6.75. The minimum atomic E-state index is -0.0672. The maximum absolute atomic E-state index is 5.13. The monoisotopic (exact) mass is 450 g/mol. The Balaban J connectivity index is 1.33. The van der Waals surface area contributed by atoms with Gasteiger partial charge in [-0.15, -0.1) is 0 Å². The number of anilines is 1. The van der Waals surface area contributed by atoms with Crippen LogP contribution in [0.1, 0.15) is 22.7 Å². The Morgan fingerprint density at radius 3 is 2.03 bits per heavy atom. The van der Waals surface area contributed by atoms with Gasteiger partial charge in [0.25, 0.3) is 0 Å². The second-order valence-electron chi connectivity index (χ2n) is 8.80. The highest BCUT2D eigenvalue weighted by Gasteiger charge is 2.23. The molecule has 1 aliphatic heterocycles. The third kappa shape index (κ3) is 3.22. The Morgan fingerprint density at radius 2 is 1.31 bits per heavy atom. The van der Waals surface area contributed by atoms with E-state index in [1.54, 1.807) is 0 Å². The molecule has 7 rings (SSSR count). The van der Waals surface area contributed by atoms with Gasteiger partial charge in [0.15, 0.2) is 0 Å². The third-order valence-electron chi connectivity index (χ3n) is 6.75. The smallest absolute Gasteiger partial charge is 0.133 e. The number of nitrogens with zero attached hydrogens (tertiary/aromatic N) is 3. The summed E-state index contributed by atoms with van der Waals surface area (Å²) in [5, 5.41) is 6.04. The summed E-state index contributed by atoms with van der Waals surface area (Å²) >= 11 is 0. The van der Waals surface area contributed by atoms with E-state index in [2.05, 4.69) is 112 Å². The number of rotatable bonds is 3. The zero-order valence-corrected chi connectivity index (χ0v) is 19.0. The van der Waals surface area contributed by atoms with Crippen LogP contribution in [0.4, 0.5) is 5.69 Å². The lowest BCUT2D eigenvalue weighted by Gasteiger charge is -2.25. The van der Waals surface area contributed by atoms with Gasteiger partial charge in [0.2, 0.25) is 0 Å². The average molecular weight is 451 g/mol. The van der Waals surface area contributed by atoms with Crippen molar-refractivity contribution < 1.29 is 0 Å². The first-order valence-electron chi connectivity index (χ1n) is 11.8. The van der Waals surface area contributed by atoms with Crippen LogP contribution in [0.2, 0.25) is 0 Å². The molecule has 0 radical (unpaired) electrons. The van der Waals surface area contributed by atoms with Crippen molar-refractivity contribution in [2.75, 3.05) is 5.32 Å². The van der Waals surface area contributed by atoms with Gasteiger partial charge in [-0.2, -0.15) is 0 Å². The number of fused-ring (bicyclic) bond motifs is 4. The van der Waals surface area contributed by atoms with Crippen molar-refractivity contribution >= 4 is 33.3 Å². The number of aromatic nitrogens is 2. The minimum Gasteiger partial charge on any atom is -0.338 e. The predicted molar refractivity (Wildman–Crippen MR) is 143 cm³/mol. The molecule has 0 bridgehead atoms. The molecule has 1 atom stereocenters. The Kier molecular flexibility index (Phi) is 4.49. The lowest BCUT2D eigenvalue weighted by Crippen LogP contribution is -2.22. The van der Waals surface area contributed by atoms with Crippen LogP contribution in [-0.2, 0) is 0 Å². The summed E-state index contributed by atoms with van der Waals surface area (Å²) in [6, 6.07) is 38.2. The fourth-order valence-electron chi connectivity index (χ4n) is 5.11. The summed E-state index contributed by atoms with van der Waals surface area (Å²) in [6.07, 6.45) is 3.71. The lowest BCUT2D eigenvalue weighted by molar-refractivity contribution is 0.860. The van der Waals surface area contributed by atoms with E-state index in [1.165, 1.54) is 27.4 Å². The highest BCUT2D eigenvalue weighted by atomic mass is 15.1. The van der Waals surface area contributed by atoms with Crippen LogP contribution in [0.25, 0.3) is 27.5 Å². The maximum Gasteiger partial charge on any atom is 0.133 e. The summed E-state index contributed by atoms with van der Waals surface area (Å²) in [7, 11) is 0. The zero-order chi connectivity index (χ0) is 23.2. The van der Waals surface area contributed by atoms with Crippen molar-refractivity contribution in [2.24, 2.45) is 4.99 Å². The molecule has 0 spiro atoms. The molecule has 35 heavy (non-hydrogen) atoms. The van der Waals surface area contributed by atoms with E-state index in [1.807, 2.05) is 24.5 Å². The molecule has 4 heteroatoms. The quantitative estimate of drug-likeness (QED) is 0.311. The topological polar surface area (TPSA) is 42.2 Å². The van der Waals surface area contributed by atoms with Crippen LogP contribution < -0.4 is 5.32 Å². The van der Waals surface area contributed by atoms with Crippen molar-refractivity contribution in [3.8, 4) is 5.69 Å². The van der Waals surface area contributed by atoms with Gasteiger partial charge in [0.05, 0.1) is 22.9 Å². The summed E-state index contributed by atoms with van der Waals surface area (Å²) in [5.74, 6) is 0.855. The van der Waals surface area contributed by atoms with Gasteiger partial charge in [-0.25, -0.2) is 0 Å². The Morgan fingerprint density at radius 1 is 0.657 bits per heavy atom. The SMILES string of the molecule is c1ccc(C2N=C(c3ccc(-n4c5ccccc5c5ccccc54)cc3)Nc3cnccc32)cc1. The standard InChI is InChI=1S/C31H22N4/c1-2-8-21(9-3-1)30-26-18-19-32-20-27(26)33-31(34-30)22-14-16-23(17-15-22)35-28-12-6-4-10-24(28)25-11-5-7-13-29(25)35/h1-20,30H,(H,33,34). The molecule has 0 fully saturated rings. The molecule has 1 unspecified atom stereocenters. The van der Waals surface area contributed by atoms with Crippen LogP contribution in [0.15, 0.2) is 127 Å². The predicted octanol–water partition coefficient (Wildman–Crippen LogP) is 7.14.